The van der Waals surface area contributed by atoms with Crippen LogP contribution in [0.4, 0.5) is 17.6 Å². The number of likely N-dealkylation sites (tertiary alicyclic amines) is 1. The summed E-state index contributed by atoms with van der Waals surface area (Å²) in [6.45, 7) is 1.93. The number of ether oxygens (including phenoxy) is 1. The summed E-state index contributed by atoms with van der Waals surface area (Å²) < 4.78 is 58.7. The van der Waals surface area contributed by atoms with Crippen LogP contribution in [-0.2, 0) is 6.18 Å². The van der Waals surface area contributed by atoms with Crippen LogP contribution < -0.4 is 4.74 Å². The molecule has 168 valence electrons. The number of carbonyl (C=O) groups excluding carboxylic acids is 1. The first-order chi connectivity index (χ1) is 15.3. The first-order valence-electron chi connectivity index (χ1n) is 9.90. The predicted molar refractivity (Wildman–Crippen MR) is 105 cm³/mol. The number of amides is 1. The molecule has 11 heteroatoms. The minimum absolute atomic E-state index is 0.0677. The van der Waals surface area contributed by atoms with Gasteiger partial charge in [-0.15, -0.1) is 0 Å². The molecule has 7 nitrogen and oxygen atoms in total. The fraction of sp³-hybridized carbons (Fsp3) is 0.333. The molecule has 0 N–H and O–H groups in total. The van der Waals surface area contributed by atoms with Crippen LogP contribution in [0.2, 0.25) is 0 Å². The number of pyridine rings is 1. The van der Waals surface area contributed by atoms with Gasteiger partial charge in [0.15, 0.2) is 5.82 Å². The van der Waals surface area contributed by atoms with Crippen molar-refractivity contribution in [1.82, 2.24) is 24.9 Å². The molecule has 3 heterocycles. The molecule has 0 aliphatic carbocycles. The van der Waals surface area contributed by atoms with Crippen molar-refractivity contribution >= 4 is 5.91 Å². The van der Waals surface area contributed by atoms with Crippen molar-refractivity contribution in [2.75, 3.05) is 6.54 Å². The van der Waals surface area contributed by atoms with E-state index in [2.05, 4.69) is 15.2 Å². The molecule has 4 rings (SSSR count). The van der Waals surface area contributed by atoms with Crippen molar-refractivity contribution < 1.29 is 27.1 Å². The van der Waals surface area contributed by atoms with Gasteiger partial charge in [-0.05, 0) is 38.0 Å². The highest BCUT2D eigenvalue weighted by Crippen LogP contribution is 2.34. The maximum Gasteiger partial charge on any atom is 0.419 e. The third kappa shape index (κ3) is 4.27. The zero-order chi connectivity index (χ0) is 22.9. The zero-order valence-corrected chi connectivity index (χ0v) is 17.0. The van der Waals surface area contributed by atoms with Gasteiger partial charge in [0.25, 0.3) is 11.8 Å². The van der Waals surface area contributed by atoms with E-state index in [-0.39, 0.29) is 18.5 Å². The van der Waals surface area contributed by atoms with Crippen molar-refractivity contribution in [2.45, 2.75) is 38.1 Å². The van der Waals surface area contributed by atoms with E-state index in [0.29, 0.717) is 30.2 Å². The number of hydrogen-bond acceptors (Lipinski definition) is 5. The van der Waals surface area contributed by atoms with E-state index in [0.717, 1.165) is 6.20 Å². The number of carbonyl (C=O) groups is 1. The number of rotatable bonds is 4. The number of aromatic nitrogens is 4. The predicted octanol–water partition coefficient (Wildman–Crippen LogP) is 3.89. The lowest BCUT2D eigenvalue weighted by Gasteiger charge is -2.38. The monoisotopic (exact) mass is 449 g/mol. The van der Waals surface area contributed by atoms with Crippen molar-refractivity contribution in [3.63, 3.8) is 0 Å². The molecule has 1 fully saturated rings. The van der Waals surface area contributed by atoms with Gasteiger partial charge in [0, 0.05) is 12.2 Å². The van der Waals surface area contributed by atoms with E-state index < -0.39 is 29.5 Å². The maximum atomic E-state index is 14.3. The fourth-order valence-corrected chi connectivity index (χ4v) is 3.66. The second kappa shape index (κ2) is 8.56. The summed E-state index contributed by atoms with van der Waals surface area (Å²) in [5.74, 6) is -2.60. The van der Waals surface area contributed by atoms with Crippen LogP contribution in [0.5, 0.6) is 5.88 Å². The molecule has 0 spiro atoms. The van der Waals surface area contributed by atoms with Gasteiger partial charge < -0.3 is 9.64 Å². The Morgan fingerprint density at radius 1 is 1.09 bits per heavy atom. The first kappa shape index (κ1) is 21.7. The first-order valence-corrected chi connectivity index (χ1v) is 9.90. The van der Waals surface area contributed by atoms with E-state index in [1.54, 1.807) is 29.2 Å². The summed E-state index contributed by atoms with van der Waals surface area (Å²) in [6, 6.07) is 7.22. The molecule has 2 unspecified atom stereocenters. The van der Waals surface area contributed by atoms with Gasteiger partial charge in [0.2, 0.25) is 0 Å². The number of nitrogens with zero attached hydrogens (tertiary/aromatic N) is 5. The molecule has 1 aliphatic rings. The normalized spacial score (nSPS) is 19.1. The van der Waals surface area contributed by atoms with Gasteiger partial charge in [0.1, 0.15) is 6.10 Å². The van der Waals surface area contributed by atoms with Crippen LogP contribution in [-0.4, -0.2) is 49.5 Å². The highest BCUT2D eigenvalue weighted by molar-refractivity contribution is 5.98. The molecule has 1 aromatic carbocycles. The Hall–Kier alpha value is -3.50. The molecule has 1 saturated heterocycles. The second-order valence-electron chi connectivity index (χ2n) is 7.43. The number of alkyl halides is 3. The van der Waals surface area contributed by atoms with Gasteiger partial charge in [-0.25, -0.2) is 9.37 Å². The molecule has 0 radical (unpaired) electrons. The molecule has 2 atom stereocenters. The van der Waals surface area contributed by atoms with Gasteiger partial charge in [-0.2, -0.15) is 28.2 Å². The van der Waals surface area contributed by atoms with Crippen LogP contribution in [0.15, 0.2) is 48.9 Å². The summed E-state index contributed by atoms with van der Waals surface area (Å²) in [6.07, 6.45) is -0.780. The third-order valence-corrected chi connectivity index (χ3v) is 5.31. The van der Waals surface area contributed by atoms with Gasteiger partial charge in [-0.3, -0.25) is 4.79 Å². The lowest BCUT2D eigenvalue weighted by atomic mass is 9.99. The quantitative estimate of drug-likeness (QED) is 0.565. The topological polar surface area (TPSA) is 73.1 Å². The number of benzene rings is 1. The van der Waals surface area contributed by atoms with Crippen LogP contribution in [0.1, 0.15) is 35.7 Å². The molecule has 3 aromatic rings. The molecule has 1 amide bonds. The molecule has 1 aliphatic heterocycles. The van der Waals surface area contributed by atoms with E-state index in [1.165, 1.54) is 17.2 Å². The molecular formula is C21H19F4N5O2. The highest BCUT2D eigenvalue weighted by Gasteiger charge is 2.37. The summed E-state index contributed by atoms with van der Waals surface area (Å²) in [5, 5.41) is 8.14. The Kier molecular flexibility index (Phi) is 5.81. The van der Waals surface area contributed by atoms with Crippen LogP contribution in [0, 0.1) is 5.82 Å². The Balaban J connectivity index is 1.56. The number of piperidine rings is 1. The summed E-state index contributed by atoms with van der Waals surface area (Å²) >= 11 is 0. The summed E-state index contributed by atoms with van der Waals surface area (Å²) in [5.41, 5.74) is -0.594. The average Bonchev–Trinajstić information content (AvgIpc) is 3.30. The van der Waals surface area contributed by atoms with Gasteiger partial charge in [0.05, 0.1) is 35.8 Å². The standard InChI is InChI=1S/C21H19F4N5O2/c1-13-6-7-14(32-19-18(22)16(8-9-26-19)21(23,24)25)12-29(13)20(31)15-4-2-3-5-17(15)30-27-10-11-28-30/h2-5,8-11,13-14H,6-7,12H2,1H3. The van der Waals surface area contributed by atoms with Crippen molar-refractivity contribution in [1.29, 1.82) is 0 Å². The zero-order valence-electron chi connectivity index (χ0n) is 17.0. The minimum atomic E-state index is -4.86. The third-order valence-electron chi connectivity index (χ3n) is 5.31. The highest BCUT2D eigenvalue weighted by atomic mass is 19.4. The Morgan fingerprint density at radius 2 is 1.81 bits per heavy atom. The number of hydrogen-bond donors (Lipinski definition) is 0. The largest absolute Gasteiger partial charge is 0.470 e. The fourth-order valence-electron chi connectivity index (χ4n) is 3.66. The molecule has 0 saturated carbocycles. The van der Waals surface area contributed by atoms with E-state index in [1.807, 2.05) is 6.92 Å². The summed E-state index contributed by atoms with van der Waals surface area (Å²) in [4.78, 5) is 19.8. The van der Waals surface area contributed by atoms with Crippen LogP contribution in [0.3, 0.4) is 0 Å². The Bertz CT molecular complexity index is 1100. The lowest BCUT2D eigenvalue weighted by molar-refractivity contribution is -0.140. The number of para-hydroxylation sites is 1. The van der Waals surface area contributed by atoms with Crippen molar-refractivity contribution in [3.8, 4) is 11.6 Å². The van der Waals surface area contributed by atoms with Crippen LogP contribution in [0.25, 0.3) is 5.69 Å². The van der Waals surface area contributed by atoms with Crippen molar-refractivity contribution in [3.05, 3.63) is 65.9 Å². The molecule has 32 heavy (non-hydrogen) atoms. The molecule has 2 aromatic heterocycles. The second-order valence-corrected chi connectivity index (χ2v) is 7.43. The smallest absolute Gasteiger partial charge is 0.419 e. The number of halogens is 4. The lowest BCUT2D eigenvalue weighted by Crippen LogP contribution is -2.49. The van der Waals surface area contributed by atoms with Gasteiger partial charge >= 0.3 is 6.18 Å². The Morgan fingerprint density at radius 3 is 2.53 bits per heavy atom. The molecule has 0 bridgehead atoms. The van der Waals surface area contributed by atoms with E-state index >= 15 is 0 Å². The summed E-state index contributed by atoms with van der Waals surface area (Å²) in [7, 11) is 0. The average molecular weight is 449 g/mol. The molecular weight excluding hydrogens is 430 g/mol. The Labute approximate surface area is 180 Å². The van der Waals surface area contributed by atoms with E-state index in [4.69, 9.17) is 4.74 Å². The maximum absolute atomic E-state index is 14.3. The van der Waals surface area contributed by atoms with E-state index in [9.17, 15) is 22.4 Å². The van der Waals surface area contributed by atoms with Crippen LogP contribution >= 0.6 is 0 Å². The van der Waals surface area contributed by atoms with Gasteiger partial charge in [-0.1, -0.05) is 12.1 Å². The van der Waals surface area contributed by atoms with Crippen molar-refractivity contribution in [2.24, 2.45) is 0 Å². The minimum Gasteiger partial charge on any atom is -0.470 e. The SMILES string of the molecule is CC1CCC(Oc2nccc(C(F)(F)F)c2F)CN1C(=O)c1ccccc1-n1nccn1.